The van der Waals surface area contributed by atoms with Gasteiger partial charge >= 0.3 is 0 Å². The summed E-state index contributed by atoms with van der Waals surface area (Å²) in [6.45, 7) is 4.86. The molecule has 1 saturated heterocycles. The van der Waals surface area contributed by atoms with Crippen LogP contribution in [0.15, 0.2) is 30.6 Å². The Morgan fingerprint density at radius 3 is 2.75 bits per heavy atom. The Hall–Kier alpha value is -2.21. The Labute approximate surface area is 142 Å². The topological polar surface area (TPSA) is 63.1 Å². The molecule has 2 aromatic heterocycles. The average molecular weight is 327 g/mol. The van der Waals surface area contributed by atoms with E-state index in [0.29, 0.717) is 12.3 Å². The number of likely N-dealkylation sites (tertiary alicyclic amines) is 1. The number of aryl methyl sites for hydroxylation is 2. The second-order valence-corrected chi connectivity index (χ2v) is 6.59. The van der Waals surface area contributed by atoms with Crippen molar-refractivity contribution in [2.75, 3.05) is 18.4 Å². The molecule has 1 aliphatic heterocycles. The van der Waals surface area contributed by atoms with Gasteiger partial charge < -0.3 is 5.32 Å². The standard InChI is InChI=1S/C18H25N5O/c1-14-17(13-22(2)21-14)20-18(24)11-15-6-9-23(10-7-15)12-16-5-3-4-8-19-16/h3-5,8,13,15H,6-7,9-12H2,1-2H3,(H,20,24). The van der Waals surface area contributed by atoms with Crippen molar-refractivity contribution in [1.82, 2.24) is 19.7 Å². The van der Waals surface area contributed by atoms with E-state index in [2.05, 4.69) is 26.4 Å². The molecule has 0 radical (unpaired) electrons. The largest absolute Gasteiger partial charge is 0.323 e. The van der Waals surface area contributed by atoms with Crippen molar-refractivity contribution in [3.8, 4) is 0 Å². The monoisotopic (exact) mass is 327 g/mol. The molecule has 24 heavy (non-hydrogen) atoms. The van der Waals surface area contributed by atoms with Crippen molar-refractivity contribution in [3.63, 3.8) is 0 Å². The molecule has 0 bridgehead atoms. The molecule has 0 atom stereocenters. The summed E-state index contributed by atoms with van der Waals surface area (Å²) >= 11 is 0. The SMILES string of the molecule is Cc1nn(C)cc1NC(=O)CC1CCN(Cc2ccccn2)CC1. The number of rotatable bonds is 5. The highest BCUT2D eigenvalue weighted by Crippen LogP contribution is 2.22. The first-order valence-corrected chi connectivity index (χ1v) is 8.52. The molecule has 3 heterocycles. The number of amides is 1. The molecule has 0 unspecified atom stereocenters. The van der Waals surface area contributed by atoms with Crippen LogP contribution < -0.4 is 5.32 Å². The van der Waals surface area contributed by atoms with E-state index < -0.39 is 0 Å². The number of hydrogen-bond donors (Lipinski definition) is 1. The van der Waals surface area contributed by atoms with E-state index in [1.807, 2.05) is 38.5 Å². The number of pyridine rings is 1. The summed E-state index contributed by atoms with van der Waals surface area (Å²) in [6, 6.07) is 6.04. The van der Waals surface area contributed by atoms with E-state index >= 15 is 0 Å². The molecule has 0 aliphatic carbocycles. The minimum absolute atomic E-state index is 0.0919. The summed E-state index contributed by atoms with van der Waals surface area (Å²) in [6.07, 6.45) is 6.40. The van der Waals surface area contributed by atoms with Crippen LogP contribution in [0.5, 0.6) is 0 Å². The molecule has 0 aromatic carbocycles. The number of nitrogens with one attached hydrogen (secondary N) is 1. The van der Waals surface area contributed by atoms with Gasteiger partial charge in [0, 0.05) is 32.4 Å². The van der Waals surface area contributed by atoms with Gasteiger partial charge in [-0.3, -0.25) is 19.4 Å². The lowest BCUT2D eigenvalue weighted by molar-refractivity contribution is -0.117. The predicted molar refractivity (Wildman–Crippen MR) is 93.4 cm³/mol. The third-order valence-electron chi connectivity index (χ3n) is 4.58. The van der Waals surface area contributed by atoms with Gasteiger partial charge in [-0.25, -0.2) is 0 Å². The third kappa shape index (κ3) is 4.41. The van der Waals surface area contributed by atoms with Gasteiger partial charge in [0.1, 0.15) is 0 Å². The van der Waals surface area contributed by atoms with Gasteiger partial charge in [0.05, 0.1) is 17.1 Å². The fourth-order valence-corrected chi connectivity index (χ4v) is 3.26. The zero-order valence-corrected chi connectivity index (χ0v) is 14.4. The minimum Gasteiger partial charge on any atom is -0.323 e. The van der Waals surface area contributed by atoms with Crippen LogP contribution in [0.4, 0.5) is 5.69 Å². The second-order valence-electron chi connectivity index (χ2n) is 6.59. The third-order valence-corrected chi connectivity index (χ3v) is 4.58. The van der Waals surface area contributed by atoms with Gasteiger partial charge in [-0.15, -0.1) is 0 Å². The fourth-order valence-electron chi connectivity index (χ4n) is 3.26. The highest BCUT2D eigenvalue weighted by Gasteiger charge is 2.22. The molecule has 128 valence electrons. The maximum absolute atomic E-state index is 12.2. The maximum atomic E-state index is 12.2. The van der Waals surface area contributed by atoms with Gasteiger partial charge in [-0.05, 0) is 50.9 Å². The van der Waals surface area contributed by atoms with Crippen LogP contribution in [0.25, 0.3) is 0 Å². The number of piperidine rings is 1. The highest BCUT2D eigenvalue weighted by atomic mass is 16.1. The lowest BCUT2D eigenvalue weighted by atomic mass is 9.93. The van der Waals surface area contributed by atoms with E-state index in [1.54, 1.807) is 4.68 Å². The number of carbonyl (C=O) groups excluding carboxylic acids is 1. The molecule has 2 aromatic rings. The smallest absolute Gasteiger partial charge is 0.224 e. The first-order valence-electron chi connectivity index (χ1n) is 8.52. The molecule has 1 N–H and O–H groups in total. The summed E-state index contributed by atoms with van der Waals surface area (Å²) in [7, 11) is 1.86. The summed E-state index contributed by atoms with van der Waals surface area (Å²) in [4.78, 5) is 19.0. The van der Waals surface area contributed by atoms with Crippen LogP contribution in [0.2, 0.25) is 0 Å². The summed E-state index contributed by atoms with van der Waals surface area (Å²) < 4.78 is 1.72. The Morgan fingerprint density at radius 2 is 2.12 bits per heavy atom. The summed E-state index contributed by atoms with van der Waals surface area (Å²) in [5.74, 6) is 0.552. The van der Waals surface area contributed by atoms with Crippen LogP contribution in [0, 0.1) is 12.8 Å². The molecule has 1 amide bonds. The number of nitrogens with zero attached hydrogens (tertiary/aromatic N) is 4. The van der Waals surface area contributed by atoms with E-state index in [-0.39, 0.29) is 5.91 Å². The van der Waals surface area contributed by atoms with E-state index in [4.69, 9.17) is 0 Å². The van der Waals surface area contributed by atoms with E-state index in [9.17, 15) is 4.79 Å². The van der Waals surface area contributed by atoms with Crippen LogP contribution >= 0.6 is 0 Å². The quantitative estimate of drug-likeness (QED) is 0.916. The number of anilines is 1. The van der Waals surface area contributed by atoms with Crippen molar-refractivity contribution >= 4 is 11.6 Å². The fraction of sp³-hybridized carbons (Fsp3) is 0.500. The predicted octanol–water partition coefficient (Wildman–Crippen LogP) is 2.36. The molecule has 0 spiro atoms. The Balaban J connectivity index is 1.43. The van der Waals surface area contributed by atoms with Crippen LogP contribution in [-0.4, -0.2) is 38.7 Å². The molecule has 0 saturated carbocycles. The molecular formula is C18H25N5O. The first kappa shape index (κ1) is 16.6. The van der Waals surface area contributed by atoms with Crippen LogP contribution in [0.1, 0.15) is 30.7 Å². The molecule has 3 rings (SSSR count). The normalized spacial score (nSPS) is 16.2. The van der Waals surface area contributed by atoms with Gasteiger partial charge in [0.2, 0.25) is 5.91 Å². The van der Waals surface area contributed by atoms with Gasteiger partial charge in [0.25, 0.3) is 0 Å². The number of carbonyl (C=O) groups is 1. The Morgan fingerprint density at radius 1 is 1.33 bits per heavy atom. The van der Waals surface area contributed by atoms with Crippen LogP contribution in [0.3, 0.4) is 0 Å². The van der Waals surface area contributed by atoms with Crippen LogP contribution in [-0.2, 0) is 18.4 Å². The molecule has 1 aliphatic rings. The van der Waals surface area contributed by atoms with Crippen molar-refractivity contribution in [3.05, 3.63) is 42.0 Å². The number of hydrogen-bond acceptors (Lipinski definition) is 4. The highest BCUT2D eigenvalue weighted by molar-refractivity contribution is 5.91. The van der Waals surface area contributed by atoms with E-state index in [0.717, 1.165) is 49.6 Å². The second kappa shape index (κ2) is 7.57. The average Bonchev–Trinajstić information content (AvgIpc) is 2.87. The first-order chi connectivity index (χ1) is 11.6. The van der Waals surface area contributed by atoms with Crippen molar-refractivity contribution < 1.29 is 4.79 Å². The maximum Gasteiger partial charge on any atom is 0.224 e. The summed E-state index contributed by atoms with van der Waals surface area (Å²) in [5.41, 5.74) is 2.78. The zero-order chi connectivity index (χ0) is 16.9. The van der Waals surface area contributed by atoms with E-state index in [1.165, 1.54) is 0 Å². The van der Waals surface area contributed by atoms with Crippen molar-refractivity contribution in [2.24, 2.45) is 13.0 Å². The van der Waals surface area contributed by atoms with Crippen molar-refractivity contribution in [2.45, 2.75) is 32.7 Å². The zero-order valence-electron chi connectivity index (χ0n) is 14.4. The minimum atomic E-state index is 0.0919. The molecule has 6 heteroatoms. The van der Waals surface area contributed by atoms with Crippen molar-refractivity contribution in [1.29, 1.82) is 0 Å². The Kier molecular flexibility index (Phi) is 5.25. The number of aromatic nitrogens is 3. The summed E-state index contributed by atoms with van der Waals surface area (Å²) in [5, 5.41) is 7.23. The molecular weight excluding hydrogens is 302 g/mol. The lowest BCUT2D eigenvalue weighted by Crippen LogP contribution is -2.34. The van der Waals surface area contributed by atoms with Gasteiger partial charge in [-0.1, -0.05) is 6.07 Å². The van der Waals surface area contributed by atoms with Gasteiger partial charge in [0.15, 0.2) is 0 Å². The lowest BCUT2D eigenvalue weighted by Gasteiger charge is -2.31. The molecule has 6 nitrogen and oxygen atoms in total. The molecule has 1 fully saturated rings. The Bertz CT molecular complexity index is 674. The van der Waals surface area contributed by atoms with Gasteiger partial charge in [-0.2, -0.15) is 5.10 Å².